The van der Waals surface area contributed by atoms with Crippen LogP contribution in [-0.4, -0.2) is 48.9 Å². The van der Waals surface area contributed by atoms with Crippen LogP contribution in [0.2, 0.25) is 0 Å². The van der Waals surface area contributed by atoms with Crippen molar-refractivity contribution in [2.24, 2.45) is 5.84 Å². The van der Waals surface area contributed by atoms with Crippen LogP contribution in [0.25, 0.3) is 4.96 Å². The number of aromatic nitrogens is 2. The van der Waals surface area contributed by atoms with Gasteiger partial charge in [0.15, 0.2) is 10.8 Å². The molecule has 21 heavy (non-hydrogen) atoms. The van der Waals surface area contributed by atoms with Crippen LogP contribution in [0.3, 0.4) is 0 Å². The number of nitrogen functional groups attached to an aromatic ring is 1. The van der Waals surface area contributed by atoms with Gasteiger partial charge < -0.3 is 10.3 Å². The summed E-state index contributed by atoms with van der Waals surface area (Å²) in [6, 6.07) is 0.606. The summed E-state index contributed by atoms with van der Waals surface area (Å²) in [4.78, 5) is 6.90. The third kappa shape index (κ3) is 2.90. The van der Waals surface area contributed by atoms with Crippen molar-refractivity contribution in [2.45, 2.75) is 23.9 Å². The summed E-state index contributed by atoms with van der Waals surface area (Å²) in [6.45, 7) is 1.04. The fourth-order valence-corrected chi connectivity index (χ4v) is 4.27. The predicted molar refractivity (Wildman–Crippen MR) is 81.7 cm³/mol. The smallest absolute Gasteiger partial charge is 0.260 e. The Morgan fingerprint density at radius 3 is 3.00 bits per heavy atom. The second kappa shape index (κ2) is 5.54. The first-order valence-corrected chi connectivity index (χ1v) is 9.01. The third-order valence-corrected chi connectivity index (χ3v) is 5.78. The highest BCUT2D eigenvalue weighted by atomic mass is 32.2. The van der Waals surface area contributed by atoms with Gasteiger partial charge in [-0.05, 0) is 19.9 Å². The number of hydrogen-bond acceptors (Lipinski definition) is 7. The van der Waals surface area contributed by atoms with Crippen molar-refractivity contribution in [3.8, 4) is 0 Å². The van der Waals surface area contributed by atoms with Crippen LogP contribution in [0.1, 0.15) is 12.8 Å². The SMILES string of the molecule is CN(CCNS(=O)(=O)c1c(NN)nc2sccn12)C1CC1. The van der Waals surface area contributed by atoms with Gasteiger partial charge in [-0.15, -0.1) is 11.3 Å². The van der Waals surface area contributed by atoms with Gasteiger partial charge in [0.25, 0.3) is 10.0 Å². The summed E-state index contributed by atoms with van der Waals surface area (Å²) < 4.78 is 29.1. The first kappa shape index (κ1) is 14.7. The maximum Gasteiger partial charge on any atom is 0.260 e. The Balaban J connectivity index is 1.77. The van der Waals surface area contributed by atoms with Crippen LogP contribution >= 0.6 is 11.3 Å². The van der Waals surface area contributed by atoms with Gasteiger partial charge in [0.2, 0.25) is 5.03 Å². The highest BCUT2D eigenvalue weighted by molar-refractivity contribution is 7.89. The number of rotatable bonds is 7. The second-order valence-electron chi connectivity index (χ2n) is 5.08. The van der Waals surface area contributed by atoms with Crippen molar-refractivity contribution in [1.29, 1.82) is 0 Å². The van der Waals surface area contributed by atoms with E-state index in [0.29, 0.717) is 24.1 Å². The Morgan fingerprint density at radius 2 is 2.33 bits per heavy atom. The number of hydrazine groups is 1. The van der Waals surface area contributed by atoms with Crippen LogP contribution in [0.15, 0.2) is 16.6 Å². The zero-order chi connectivity index (χ0) is 15.0. The molecule has 0 spiro atoms. The van der Waals surface area contributed by atoms with E-state index >= 15 is 0 Å². The number of likely N-dealkylation sites (N-methyl/N-ethyl adjacent to an activating group) is 1. The van der Waals surface area contributed by atoms with E-state index < -0.39 is 10.0 Å². The summed E-state index contributed by atoms with van der Waals surface area (Å²) in [7, 11) is -1.66. The minimum absolute atomic E-state index is 0.0512. The lowest BCUT2D eigenvalue weighted by Crippen LogP contribution is -2.34. The molecule has 1 aliphatic rings. The van der Waals surface area contributed by atoms with Gasteiger partial charge in [0, 0.05) is 30.7 Å². The molecule has 0 unspecified atom stereocenters. The molecule has 0 atom stereocenters. The molecule has 1 aliphatic carbocycles. The van der Waals surface area contributed by atoms with Gasteiger partial charge in [-0.25, -0.2) is 19.0 Å². The monoisotopic (exact) mass is 330 g/mol. The van der Waals surface area contributed by atoms with Gasteiger partial charge in [0.1, 0.15) is 0 Å². The minimum atomic E-state index is -3.67. The number of nitrogens with zero attached hydrogens (tertiary/aromatic N) is 3. The van der Waals surface area contributed by atoms with Gasteiger partial charge in [-0.3, -0.25) is 4.40 Å². The largest absolute Gasteiger partial charge is 0.306 e. The highest BCUT2D eigenvalue weighted by Gasteiger charge is 2.28. The second-order valence-corrected chi connectivity index (χ2v) is 7.63. The van der Waals surface area contributed by atoms with Gasteiger partial charge >= 0.3 is 0 Å². The number of sulfonamides is 1. The summed E-state index contributed by atoms with van der Waals surface area (Å²) in [5.74, 6) is 5.53. The van der Waals surface area contributed by atoms with E-state index in [4.69, 9.17) is 5.84 Å². The number of anilines is 1. The molecule has 1 fully saturated rings. The standard InChI is InChI=1S/C11H18N6O2S2/c1-16(8-2-3-8)5-4-13-21(18,19)10-9(15-12)14-11-17(10)6-7-20-11/h6-8,13,15H,2-5,12H2,1H3. The zero-order valence-electron chi connectivity index (χ0n) is 11.6. The molecule has 0 saturated heterocycles. The van der Waals surface area contributed by atoms with Crippen molar-refractivity contribution >= 4 is 32.1 Å². The van der Waals surface area contributed by atoms with Gasteiger partial charge in [0.05, 0.1) is 0 Å². The molecule has 2 aromatic rings. The van der Waals surface area contributed by atoms with Crippen LogP contribution in [0.5, 0.6) is 0 Å². The molecule has 8 nitrogen and oxygen atoms in total. The maximum absolute atomic E-state index is 12.5. The molecule has 0 amide bonds. The molecule has 2 heterocycles. The van der Waals surface area contributed by atoms with Crippen molar-refractivity contribution in [2.75, 3.05) is 25.6 Å². The Labute approximate surface area is 127 Å². The molecule has 0 bridgehead atoms. The Hall–Kier alpha value is -1.20. The summed E-state index contributed by atoms with van der Waals surface area (Å²) in [5, 5.41) is 1.83. The fraction of sp³-hybridized carbons (Fsp3) is 0.545. The van der Waals surface area contributed by atoms with E-state index in [0.717, 1.165) is 0 Å². The molecule has 1 saturated carbocycles. The number of imidazole rings is 1. The molecule has 0 aromatic carbocycles. The van der Waals surface area contributed by atoms with Crippen molar-refractivity contribution < 1.29 is 8.42 Å². The maximum atomic E-state index is 12.5. The minimum Gasteiger partial charge on any atom is -0.306 e. The van der Waals surface area contributed by atoms with E-state index in [1.54, 1.807) is 11.6 Å². The first-order valence-electron chi connectivity index (χ1n) is 6.65. The topological polar surface area (TPSA) is 105 Å². The number of fused-ring (bicyclic) bond motifs is 1. The van der Waals surface area contributed by atoms with E-state index in [1.165, 1.54) is 28.6 Å². The predicted octanol–water partition coefficient (Wildman–Crippen LogP) is 0.0539. The summed E-state index contributed by atoms with van der Waals surface area (Å²) >= 11 is 1.35. The van der Waals surface area contributed by atoms with Crippen LogP contribution in [0, 0.1) is 0 Å². The Kier molecular flexibility index (Phi) is 3.88. The molecular formula is C11H18N6O2S2. The quantitative estimate of drug-likeness (QED) is 0.489. The van der Waals surface area contributed by atoms with E-state index in [1.807, 2.05) is 7.05 Å². The molecule has 0 aliphatic heterocycles. The van der Waals surface area contributed by atoms with Crippen LogP contribution < -0.4 is 16.0 Å². The van der Waals surface area contributed by atoms with Gasteiger partial charge in [-0.1, -0.05) is 0 Å². The lowest BCUT2D eigenvalue weighted by atomic mass is 10.5. The Morgan fingerprint density at radius 1 is 1.57 bits per heavy atom. The molecule has 116 valence electrons. The zero-order valence-corrected chi connectivity index (χ0v) is 13.2. The third-order valence-electron chi connectivity index (χ3n) is 3.54. The number of thiazole rings is 1. The van der Waals surface area contributed by atoms with Crippen LogP contribution in [-0.2, 0) is 10.0 Å². The summed E-state index contributed by atoms with van der Waals surface area (Å²) in [5.41, 5.74) is 2.35. The van der Waals surface area contributed by atoms with Crippen molar-refractivity contribution in [3.63, 3.8) is 0 Å². The molecule has 4 N–H and O–H groups in total. The number of nitrogens with one attached hydrogen (secondary N) is 2. The number of nitrogens with two attached hydrogens (primary N) is 1. The normalized spacial score (nSPS) is 16.0. The van der Waals surface area contributed by atoms with E-state index in [2.05, 4.69) is 20.0 Å². The Bertz CT molecular complexity index is 733. The number of hydrogen-bond donors (Lipinski definition) is 3. The summed E-state index contributed by atoms with van der Waals surface area (Å²) in [6.07, 6.45) is 4.06. The van der Waals surface area contributed by atoms with Crippen LogP contribution in [0.4, 0.5) is 5.82 Å². The highest BCUT2D eigenvalue weighted by Crippen LogP contribution is 2.26. The van der Waals surface area contributed by atoms with Gasteiger partial charge in [-0.2, -0.15) is 4.98 Å². The van der Waals surface area contributed by atoms with Crippen molar-refractivity contribution in [1.82, 2.24) is 19.0 Å². The lowest BCUT2D eigenvalue weighted by Gasteiger charge is -2.15. The van der Waals surface area contributed by atoms with Crippen molar-refractivity contribution in [3.05, 3.63) is 11.6 Å². The van der Waals surface area contributed by atoms with E-state index in [9.17, 15) is 8.42 Å². The molecule has 0 radical (unpaired) electrons. The first-order chi connectivity index (χ1) is 10.0. The molecule has 2 aromatic heterocycles. The molecule has 3 rings (SSSR count). The lowest BCUT2D eigenvalue weighted by molar-refractivity contribution is 0.329. The molecule has 10 heteroatoms. The molecular weight excluding hydrogens is 312 g/mol. The van der Waals surface area contributed by atoms with E-state index in [-0.39, 0.29) is 10.8 Å². The average Bonchev–Trinajstić information content (AvgIpc) is 3.08. The fourth-order valence-electron chi connectivity index (χ4n) is 2.24. The average molecular weight is 330 g/mol.